The highest BCUT2D eigenvalue weighted by atomic mass is 16.5. The van der Waals surface area contributed by atoms with Crippen molar-refractivity contribution >= 4 is 0 Å². The summed E-state index contributed by atoms with van der Waals surface area (Å²) >= 11 is 0. The molecule has 1 atom stereocenters. The fourth-order valence-corrected chi connectivity index (χ4v) is 2.23. The molecule has 0 spiro atoms. The average molecular weight is 227 g/mol. The number of nitrogens with one attached hydrogen (secondary N) is 1. The third-order valence-electron chi connectivity index (χ3n) is 3.42. The van der Waals surface area contributed by atoms with Gasteiger partial charge in [0.2, 0.25) is 0 Å². The quantitative estimate of drug-likeness (QED) is 0.643. The second-order valence-corrected chi connectivity index (χ2v) is 5.68. The van der Waals surface area contributed by atoms with Gasteiger partial charge in [-0.2, -0.15) is 0 Å². The van der Waals surface area contributed by atoms with Crippen LogP contribution in [-0.2, 0) is 4.74 Å². The minimum atomic E-state index is 0.368. The summed E-state index contributed by atoms with van der Waals surface area (Å²) in [6, 6.07) is 0. The summed E-state index contributed by atoms with van der Waals surface area (Å²) < 4.78 is 5.87. The highest BCUT2D eigenvalue weighted by Gasteiger charge is 2.15. The number of ether oxygens (including phenoxy) is 1. The summed E-state index contributed by atoms with van der Waals surface area (Å²) in [5.74, 6) is 1.64. The first-order valence-electron chi connectivity index (χ1n) is 7.00. The monoisotopic (exact) mass is 227 g/mol. The van der Waals surface area contributed by atoms with E-state index in [1.54, 1.807) is 0 Å². The molecular formula is C14H29NO. The first-order valence-corrected chi connectivity index (χ1v) is 7.00. The van der Waals surface area contributed by atoms with Crippen LogP contribution in [0.4, 0.5) is 0 Å². The fraction of sp³-hybridized carbons (Fsp3) is 1.00. The molecule has 0 saturated heterocycles. The Labute approximate surface area is 101 Å². The summed E-state index contributed by atoms with van der Waals surface area (Å²) in [4.78, 5) is 0. The Morgan fingerprint density at radius 3 is 2.50 bits per heavy atom. The van der Waals surface area contributed by atoms with Crippen molar-refractivity contribution in [1.82, 2.24) is 5.32 Å². The molecule has 1 aliphatic rings. The van der Waals surface area contributed by atoms with Gasteiger partial charge in [0.15, 0.2) is 0 Å². The second-order valence-electron chi connectivity index (χ2n) is 5.68. The normalized spacial score (nSPS) is 19.5. The topological polar surface area (TPSA) is 21.3 Å². The van der Waals surface area contributed by atoms with Crippen LogP contribution in [-0.4, -0.2) is 25.8 Å². The Kier molecular flexibility index (Phi) is 7.06. The van der Waals surface area contributed by atoms with Gasteiger partial charge in [-0.25, -0.2) is 0 Å². The van der Waals surface area contributed by atoms with Crippen LogP contribution in [0.5, 0.6) is 0 Å². The maximum atomic E-state index is 5.87. The SMILES string of the molecule is CC(C)CCNCC(C)OCC1CCCC1. The van der Waals surface area contributed by atoms with Gasteiger partial charge in [0, 0.05) is 13.2 Å². The molecule has 0 aliphatic heterocycles. The van der Waals surface area contributed by atoms with E-state index in [0.29, 0.717) is 6.10 Å². The van der Waals surface area contributed by atoms with Gasteiger partial charge in [-0.3, -0.25) is 0 Å². The van der Waals surface area contributed by atoms with Gasteiger partial charge in [0.25, 0.3) is 0 Å². The van der Waals surface area contributed by atoms with Crippen LogP contribution in [0.25, 0.3) is 0 Å². The van der Waals surface area contributed by atoms with E-state index in [1.165, 1.54) is 32.1 Å². The molecule has 0 aromatic carbocycles. The van der Waals surface area contributed by atoms with Gasteiger partial charge in [-0.15, -0.1) is 0 Å². The molecule has 0 radical (unpaired) electrons. The molecule has 1 saturated carbocycles. The summed E-state index contributed by atoms with van der Waals surface area (Å²) in [7, 11) is 0. The van der Waals surface area contributed by atoms with Gasteiger partial charge in [-0.1, -0.05) is 26.7 Å². The molecule has 0 heterocycles. The molecule has 2 nitrogen and oxygen atoms in total. The van der Waals surface area contributed by atoms with E-state index in [0.717, 1.165) is 31.5 Å². The lowest BCUT2D eigenvalue weighted by molar-refractivity contribution is 0.0417. The van der Waals surface area contributed by atoms with Crippen LogP contribution in [0.1, 0.15) is 52.9 Å². The van der Waals surface area contributed by atoms with Gasteiger partial charge >= 0.3 is 0 Å². The highest BCUT2D eigenvalue weighted by Crippen LogP contribution is 2.24. The van der Waals surface area contributed by atoms with Crippen molar-refractivity contribution in [1.29, 1.82) is 0 Å². The fourth-order valence-electron chi connectivity index (χ4n) is 2.23. The number of hydrogen-bond acceptors (Lipinski definition) is 2. The van der Waals surface area contributed by atoms with Gasteiger partial charge in [-0.05, 0) is 44.6 Å². The van der Waals surface area contributed by atoms with Gasteiger partial charge < -0.3 is 10.1 Å². The molecule has 0 bridgehead atoms. The molecule has 1 fully saturated rings. The Morgan fingerprint density at radius 2 is 1.88 bits per heavy atom. The van der Waals surface area contributed by atoms with Crippen LogP contribution in [0, 0.1) is 11.8 Å². The Bertz CT molecular complexity index is 164. The molecule has 2 heteroatoms. The summed E-state index contributed by atoms with van der Waals surface area (Å²) in [6.45, 7) is 9.81. The number of hydrogen-bond donors (Lipinski definition) is 1. The lowest BCUT2D eigenvalue weighted by Gasteiger charge is -2.17. The summed E-state index contributed by atoms with van der Waals surface area (Å²) in [5.41, 5.74) is 0. The van der Waals surface area contributed by atoms with Crippen molar-refractivity contribution in [3.05, 3.63) is 0 Å². The molecule has 0 aromatic rings. The molecular weight excluding hydrogens is 198 g/mol. The van der Waals surface area contributed by atoms with E-state index >= 15 is 0 Å². The molecule has 16 heavy (non-hydrogen) atoms. The average Bonchev–Trinajstić information content (AvgIpc) is 2.74. The Balaban J connectivity index is 1.91. The molecule has 96 valence electrons. The predicted octanol–water partition coefficient (Wildman–Crippen LogP) is 3.22. The zero-order chi connectivity index (χ0) is 11.8. The second kappa shape index (κ2) is 8.08. The lowest BCUT2D eigenvalue weighted by atomic mass is 10.1. The Morgan fingerprint density at radius 1 is 1.19 bits per heavy atom. The highest BCUT2D eigenvalue weighted by molar-refractivity contribution is 4.67. The van der Waals surface area contributed by atoms with Crippen molar-refractivity contribution in [3.8, 4) is 0 Å². The maximum absolute atomic E-state index is 5.87. The first-order chi connectivity index (χ1) is 7.68. The van der Waals surface area contributed by atoms with E-state index in [9.17, 15) is 0 Å². The van der Waals surface area contributed by atoms with E-state index in [-0.39, 0.29) is 0 Å². The molecule has 1 N–H and O–H groups in total. The van der Waals surface area contributed by atoms with Crippen LogP contribution < -0.4 is 5.32 Å². The van der Waals surface area contributed by atoms with Crippen LogP contribution in [0.15, 0.2) is 0 Å². The van der Waals surface area contributed by atoms with Crippen LogP contribution in [0.2, 0.25) is 0 Å². The van der Waals surface area contributed by atoms with Crippen LogP contribution >= 0.6 is 0 Å². The third-order valence-corrected chi connectivity index (χ3v) is 3.42. The van der Waals surface area contributed by atoms with Crippen molar-refractivity contribution in [2.45, 2.75) is 59.0 Å². The van der Waals surface area contributed by atoms with Crippen molar-refractivity contribution in [2.24, 2.45) is 11.8 Å². The van der Waals surface area contributed by atoms with E-state index in [2.05, 4.69) is 26.1 Å². The van der Waals surface area contributed by atoms with Gasteiger partial charge in [0.05, 0.1) is 6.10 Å². The van der Waals surface area contributed by atoms with Crippen molar-refractivity contribution in [3.63, 3.8) is 0 Å². The zero-order valence-corrected chi connectivity index (χ0v) is 11.3. The molecule has 1 unspecified atom stereocenters. The summed E-state index contributed by atoms with van der Waals surface area (Å²) in [6.07, 6.45) is 7.22. The molecule has 0 amide bonds. The predicted molar refractivity (Wildman–Crippen MR) is 69.7 cm³/mol. The van der Waals surface area contributed by atoms with E-state index in [1.807, 2.05) is 0 Å². The maximum Gasteiger partial charge on any atom is 0.0671 e. The number of rotatable bonds is 8. The third kappa shape index (κ3) is 6.49. The molecule has 1 rings (SSSR count). The van der Waals surface area contributed by atoms with Crippen molar-refractivity contribution < 1.29 is 4.74 Å². The van der Waals surface area contributed by atoms with Crippen molar-refractivity contribution in [2.75, 3.05) is 19.7 Å². The van der Waals surface area contributed by atoms with Crippen LogP contribution in [0.3, 0.4) is 0 Å². The van der Waals surface area contributed by atoms with E-state index < -0.39 is 0 Å². The Hall–Kier alpha value is -0.0800. The molecule has 0 aromatic heterocycles. The minimum Gasteiger partial charge on any atom is -0.377 e. The molecule has 1 aliphatic carbocycles. The standard InChI is InChI=1S/C14H29NO/c1-12(2)8-9-15-10-13(3)16-11-14-6-4-5-7-14/h12-15H,4-11H2,1-3H3. The minimum absolute atomic E-state index is 0.368. The largest absolute Gasteiger partial charge is 0.377 e. The first kappa shape index (κ1) is 14.0. The lowest BCUT2D eigenvalue weighted by Crippen LogP contribution is -2.29. The smallest absolute Gasteiger partial charge is 0.0671 e. The zero-order valence-electron chi connectivity index (χ0n) is 11.3. The summed E-state index contributed by atoms with van der Waals surface area (Å²) in [5, 5.41) is 3.47. The van der Waals surface area contributed by atoms with Gasteiger partial charge in [0.1, 0.15) is 0 Å². The van der Waals surface area contributed by atoms with E-state index in [4.69, 9.17) is 4.74 Å².